The standard InChI is InChI=1S/C20H24N6O4S.C18H18N6O3S.C18H20N6OS.Zn/c1-4-29-16-10-25(7-8-30-16)19-17-18(24(3)12-21-17)22-20(23-19)31-11-14-6-5-13(2)15(9-14)26(27)28;1-12-3-4-13(9-14(12)24(25)26)10-28-18-20-16-15(19-11-22(16)2)17(21-18)23-5-7-27-8-6-23;1-12-3-4-13(9-14(12)19)10-26-18-21-16-15(20-11-23(16)2)17(22-18)24-5-7-25-8-6-24;/h5-6,9,12,16H,4,7-8,10-11H2,1-3H3;3-5,7,9,11H,6,8,10H2,1-2H3;3-5,7,9,11H,6,8,10,19H2,1-2H3;/p+1. The summed E-state index contributed by atoms with van der Waals surface area (Å²) in [7, 11) is 5.72. The summed E-state index contributed by atoms with van der Waals surface area (Å²) in [6.45, 7) is 12.4. The van der Waals surface area contributed by atoms with Crippen molar-refractivity contribution in [1.29, 1.82) is 0 Å². The second-order valence-corrected chi connectivity index (χ2v) is 22.6. The Morgan fingerprint density at radius 1 is 0.605 bits per heavy atom. The van der Waals surface area contributed by atoms with Crippen molar-refractivity contribution < 1.29 is 49.7 Å². The number of rotatable bonds is 16. The smallest absolute Gasteiger partial charge is 0.498 e. The van der Waals surface area contributed by atoms with Gasteiger partial charge in [0.05, 0.1) is 67.6 Å². The molecule has 0 saturated carbocycles. The third-order valence-electron chi connectivity index (χ3n) is 13.8. The monoisotopic (exact) mass is 1280 g/mol. The number of aryl methyl sites for hydroxylation is 6. The molecule has 12 rings (SSSR count). The number of nitro groups is 2. The molecule has 3 aromatic carbocycles. The number of nitrogens with zero attached hydrogens (tertiary/aromatic N) is 17. The average molecular weight is 1280 g/mol. The van der Waals surface area contributed by atoms with Crippen molar-refractivity contribution in [2.45, 2.75) is 66.7 Å². The fraction of sp³-hybridized carbons (Fsp3) is 0.339. The fourth-order valence-corrected chi connectivity index (χ4v) is 11.4. The topological polar surface area (TPSA) is 290 Å². The van der Waals surface area contributed by atoms with E-state index in [1.807, 2.05) is 90.3 Å². The molecule has 9 aromatic rings. The summed E-state index contributed by atoms with van der Waals surface area (Å²) in [5.74, 6) is 4.09. The summed E-state index contributed by atoms with van der Waals surface area (Å²) in [4.78, 5) is 69.4. The molecule has 3 aliphatic heterocycles. The van der Waals surface area contributed by atoms with Crippen molar-refractivity contribution >= 4 is 103 Å². The number of imidazole rings is 3. The second kappa shape index (κ2) is 28.5. The number of ether oxygens (including phenoxy) is 4. The van der Waals surface area contributed by atoms with Crippen molar-refractivity contribution in [2.24, 2.45) is 21.1 Å². The van der Waals surface area contributed by atoms with Crippen molar-refractivity contribution in [2.75, 3.05) is 73.0 Å². The van der Waals surface area contributed by atoms with Gasteiger partial charge in [0.2, 0.25) is 0 Å². The van der Waals surface area contributed by atoms with Crippen LogP contribution in [0.3, 0.4) is 0 Å². The van der Waals surface area contributed by atoms with Gasteiger partial charge in [-0.2, -0.15) is 0 Å². The molecule has 9 heterocycles. The van der Waals surface area contributed by atoms with E-state index in [2.05, 4.69) is 50.8 Å². The molecule has 444 valence electrons. The minimum atomic E-state index is -0.357. The maximum atomic E-state index is 11.2. The Kier molecular flexibility index (Phi) is 20.7. The third-order valence-corrected chi connectivity index (χ3v) is 16.5. The van der Waals surface area contributed by atoms with Crippen LogP contribution in [0.1, 0.15) is 41.7 Å². The fourth-order valence-electron chi connectivity index (χ4n) is 9.11. The van der Waals surface area contributed by atoms with Crippen LogP contribution < -0.4 is 20.4 Å². The molecule has 6 aromatic heterocycles. The molecule has 30 heteroatoms. The Balaban J connectivity index is 0.000000168. The van der Waals surface area contributed by atoms with E-state index in [9.17, 15) is 20.2 Å². The second-order valence-electron chi connectivity index (χ2n) is 19.8. The molecule has 0 spiro atoms. The number of nitro benzene ring substituents is 2. The quantitative estimate of drug-likeness (QED) is 0.0235. The Morgan fingerprint density at radius 2 is 1.02 bits per heavy atom. The zero-order valence-electron chi connectivity index (χ0n) is 49.5. The molecule has 1 unspecified atom stereocenters. The van der Waals surface area contributed by atoms with Crippen molar-refractivity contribution in [1.82, 2.24) is 58.6 Å². The zero-order valence-corrected chi connectivity index (χ0v) is 53.9. The van der Waals surface area contributed by atoms with Crippen LogP contribution in [0.2, 0.25) is 0 Å². The number of benzene rings is 3. The van der Waals surface area contributed by atoms with Gasteiger partial charge in [0.25, 0.3) is 11.4 Å². The maximum Gasteiger partial charge on any atom is 1.00 e. The molecular weight excluding hydrogens is 1210 g/mol. The first-order valence-electron chi connectivity index (χ1n) is 27.0. The first-order valence-corrected chi connectivity index (χ1v) is 29.9. The van der Waals surface area contributed by atoms with E-state index in [-0.39, 0.29) is 48.4 Å². The van der Waals surface area contributed by atoms with E-state index in [0.717, 1.165) is 96.3 Å². The zero-order chi connectivity index (χ0) is 59.7. The molecule has 3 aliphatic rings. The number of aromatic nitrogens is 12. The summed E-state index contributed by atoms with van der Waals surface area (Å²) < 4.78 is 27.5. The first kappa shape index (κ1) is 62.5. The van der Waals surface area contributed by atoms with Gasteiger partial charge in [-0.3, -0.25) is 20.2 Å². The van der Waals surface area contributed by atoms with Crippen molar-refractivity contribution in [3.05, 3.63) is 152 Å². The Morgan fingerprint density at radius 3 is 1.43 bits per heavy atom. The molecule has 0 amide bonds. The Labute approximate surface area is 521 Å². The minimum Gasteiger partial charge on any atom is -0.498 e. The summed E-state index contributed by atoms with van der Waals surface area (Å²) in [6, 6.07) is 16.7. The maximum absolute atomic E-state index is 11.2. The van der Waals surface area contributed by atoms with E-state index in [1.165, 1.54) is 23.5 Å². The molecule has 1 fully saturated rings. The van der Waals surface area contributed by atoms with Crippen LogP contribution in [0, 0.1) is 41.0 Å². The number of nitrogen functional groups attached to an aromatic ring is 1. The summed E-state index contributed by atoms with van der Waals surface area (Å²) in [5, 5.41) is 24.3. The van der Waals surface area contributed by atoms with E-state index in [1.54, 1.807) is 81.4 Å². The summed E-state index contributed by atoms with van der Waals surface area (Å²) >= 11 is 4.47. The predicted molar refractivity (Wildman–Crippen MR) is 328 cm³/mol. The van der Waals surface area contributed by atoms with Gasteiger partial charge >= 0.3 is 1.43 Å². The molecule has 0 radical (unpaired) electrons. The van der Waals surface area contributed by atoms with E-state index in [4.69, 9.17) is 34.6 Å². The number of morpholine rings is 1. The molecule has 0 bridgehead atoms. The Bertz CT molecular complexity index is 3980. The van der Waals surface area contributed by atoms with E-state index < -0.39 is 0 Å². The van der Waals surface area contributed by atoms with Gasteiger partial charge < -0.3 is 53.1 Å². The van der Waals surface area contributed by atoms with Crippen molar-refractivity contribution in [3.63, 3.8) is 0 Å². The normalized spacial score (nSPS) is 14.7. The number of anilines is 4. The molecule has 1 atom stereocenters. The molecule has 1 saturated heterocycles. The summed E-state index contributed by atoms with van der Waals surface area (Å²) in [5.41, 5.74) is 16.9. The van der Waals surface area contributed by atoms with Crippen LogP contribution in [-0.4, -0.2) is 127 Å². The van der Waals surface area contributed by atoms with Gasteiger partial charge in [-0.15, -0.1) is 0 Å². The molecular formula is C56H63N18O8S3Zn+. The molecule has 86 heavy (non-hydrogen) atoms. The number of hydrogen-bond acceptors (Lipinski definition) is 24. The van der Waals surface area contributed by atoms with Crippen LogP contribution >= 0.6 is 35.3 Å². The average Bonchev–Trinajstić information content (AvgIpc) is 2.19. The van der Waals surface area contributed by atoms with Gasteiger partial charge in [-0.1, -0.05) is 71.7 Å². The molecule has 0 aliphatic carbocycles. The van der Waals surface area contributed by atoms with E-state index in [0.29, 0.717) is 79.0 Å². The van der Waals surface area contributed by atoms with Gasteiger partial charge in [-0.25, -0.2) is 44.9 Å². The largest absolute Gasteiger partial charge is 1.00 e. The number of nitrogens with two attached hydrogens (primary N) is 1. The third kappa shape index (κ3) is 14.8. The predicted octanol–water partition coefficient (Wildman–Crippen LogP) is 9.22. The Hall–Kier alpha value is -8.02. The molecule has 26 nitrogen and oxygen atoms in total. The van der Waals surface area contributed by atoms with Crippen LogP contribution in [-0.2, 0) is 76.8 Å². The van der Waals surface area contributed by atoms with Gasteiger partial charge in [0.1, 0.15) is 13.2 Å². The van der Waals surface area contributed by atoms with E-state index >= 15 is 0 Å². The SMILES string of the molecule is CCOC1CN(c2nc(SCc3ccc(C)c([N+](=O)[O-])c3)nc3c2ncn3C)CCO1.Cc1ccc(CSc2nc(N3C=COCC3)c3ncn(C)c3n2)cc1N.Cc1ccc(CSc2nc(N3C=COCC3)c3ncn(C)c3n2)cc1[N+](=O)[O-].[H+].[Zn]. The summed E-state index contributed by atoms with van der Waals surface area (Å²) in [6.07, 6.45) is 11.9. The van der Waals surface area contributed by atoms with Gasteiger partial charge in [-0.05, 0) is 56.0 Å². The van der Waals surface area contributed by atoms with Crippen LogP contribution in [0.5, 0.6) is 0 Å². The van der Waals surface area contributed by atoms with Crippen LogP contribution in [0.4, 0.5) is 34.5 Å². The van der Waals surface area contributed by atoms with Gasteiger partial charge in [0, 0.05) is 112 Å². The number of thioether (sulfide) groups is 3. The van der Waals surface area contributed by atoms with Crippen molar-refractivity contribution in [3.8, 4) is 0 Å². The first-order chi connectivity index (χ1) is 41.1. The van der Waals surface area contributed by atoms with Gasteiger partial charge in [0.15, 0.2) is 72.7 Å². The van der Waals surface area contributed by atoms with Crippen LogP contribution in [0.15, 0.2) is 114 Å². The number of hydrogen-bond donors (Lipinski definition) is 1. The molecule has 2 N–H and O–H groups in total. The van der Waals surface area contributed by atoms with Crippen LogP contribution in [0.25, 0.3) is 33.5 Å². The minimum absolute atomic E-state index is 0. The number of fused-ring (bicyclic) bond motifs is 3.